The predicted octanol–water partition coefficient (Wildman–Crippen LogP) is 0.580. The summed E-state index contributed by atoms with van der Waals surface area (Å²) in [4.78, 5) is 23.8. The van der Waals surface area contributed by atoms with Crippen LogP contribution in [0.25, 0.3) is 11.0 Å². The van der Waals surface area contributed by atoms with Crippen LogP contribution >= 0.6 is 23.5 Å². The number of carbonyl (C=O) groups is 1. The van der Waals surface area contributed by atoms with Crippen LogP contribution in [0.4, 0.5) is 5.82 Å². The van der Waals surface area contributed by atoms with Crippen molar-refractivity contribution >= 4 is 46.3 Å². The standard InChI is InChI=1S/C16H22N10OS2/c1-24-16(21-22-23-24)29-10-12(27)17-5-8-26-14-11(9-18-26)13(19-15(20-14)28-2)25-6-3-4-7-25/h9H,3-8,10H2,1-2H3,(H,17,27). The molecule has 3 aromatic heterocycles. The van der Waals surface area contributed by atoms with E-state index in [4.69, 9.17) is 4.98 Å². The summed E-state index contributed by atoms with van der Waals surface area (Å²) in [6.45, 7) is 3.03. The molecular weight excluding hydrogens is 412 g/mol. The summed E-state index contributed by atoms with van der Waals surface area (Å²) in [6, 6.07) is 0. The number of tetrazole rings is 1. The van der Waals surface area contributed by atoms with E-state index in [9.17, 15) is 4.79 Å². The summed E-state index contributed by atoms with van der Waals surface area (Å²) in [5.41, 5.74) is 0.806. The Morgan fingerprint density at radius 2 is 2.10 bits per heavy atom. The van der Waals surface area contributed by atoms with Gasteiger partial charge in [-0.1, -0.05) is 23.5 Å². The molecule has 11 nitrogen and oxygen atoms in total. The summed E-state index contributed by atoms with van der Waals surface area (Å²) in [5, 5.41) is 20.8. The van der Waals surface area contributed by atoms with Crippen molar-refractivity contribution in [2.45, 2.75) is 29.7 Å². The van der Waals surface area contributed by atoms with Gasteiger partial charge in [-0.25, -0.2) is 19.3 Å². The molecule has 1 N–H and O–H groups in total. The first-order valence-corrected chi connectivity index (χ1v) is 11.5. The molecule has 0 spiro atoms. The van der Waals surface area contributed by atoms with Crippen LogP contribution < -0.4 is 10.2 Å². The summed E-state index contributed by atoms with van der Waals surface area (Å²) in [5.74, 6) is 1.14. The fourth-order valence-corrected chi connectivity index (χ4v) is 4.21. The molecule has 1 fully saturated rings. The lowest BCUT2D eigenvalue weighted by molar-refractivity contribution is -0.118. The normalized spacial score (nSPS) is 14.1. The van der Waals surface area contributed by atoms with Crippen LogP contribution in [0.3, 0.4) is 0 Å². The molecule has 4 rings (SSSR count). The van der Waals surface area contributed by atoms with E-state index in [1.807, 2.05) is 17.1 Å². The Labute approximate surface area is 176 Å². The molecule has 0 atom stereocenters. The molecule has 1 saturated heterocycles. The molecule has 4 heterocycles. The lowest BCUT2D eigenvalue weighted by atomic mass is 10.3. The number of anilines is 1. The van der Waals surface area contributed by atoms with Crippen molar-refractivity contribution < 1.29 is 4.79 Å². The van der Waals surface area contributed by atoms with Gasteiger partial charge < -0.3 is 10.2 Å². The monoisotopic (exact) mass is 434 g/mol. The summed E-state index contributed by atoms with van der Waals surface area (Å²) < 4.78 is 3.37. The van der Waals surface area contributed by atoms with Crippen LogP contribution in [0.15, 0.2) is 16.5 Å². The zero-order valence-electron chi connectivity index (χ0n) is 16.3. The van der Waals surface area contributed by atoms with Crippen molar-refractivity contribution in [2.24, 2.45) is 7.05 Å². The SMILES string of the molecule is CSc1nc(N2CCCC2)c2cnn(CCNC(=O)CSc3nnnn3C)c2n1. The molecule has 0 radical (unpaired) electrons. The van der Waals surface area contributed by atoms with E-state index >= 15 is 0 Å². The van der Waals surface area contributed by atoms with E-state index < -0.39 is 0 Å². The highest BCUT2D eigenvalue weighted by Crippen LogP contribution is 2.28. The fraction of sp³-hybridized carbons (Fsp3) is 0.562. The Morgan fingerprint density at radius 3 is 2.83 bits per heavy atom. The molecule has 0 unspecified atom stereocenters. The summed E-state index contributed by atoms with van der Waals surface area (Å²) in [6.07, 6.45) is 6.16. The third-order valence-electron chi connectivity index (χ3n) is 4.60. The maximum atomic E-state index is 12.1. The van der Waals surface area contributed by atoms with E-state index in [1.165, 1.54) is 41.0 Å². The number of hydrogen-bond acceptors (Lipinski definition) is 10. The Kier molecular flexibility index (Phi) is 6.13. The molecule has 29 heavy (non-hydrogen) atoms. The van der Waals surface area contributed by atoms with Crippen LogP contribution in [0.2, 0.25) is 0 Å². The molecule has 0 aliphatic carbocycles. The number of rotatable bonds is 8. The number of nitrogens with zero attached hydrogens (tertiary/aromatic N) is 9. The van der Waals surface area contributed by atoms with Crippen LogP contribution in [0.5, 0.6) is 0 Å². The minimum Gasteiger partial charge on any atom is -0.356 e. The second-order valence-corrected chi connectivity index (χ2v) is 8.27. The van der Waals surface area contributed by atoms with Crippen LogP contribution in [0.1, 0.15) is 12.8 Å². The van der Waals surface area contributed by atoms with Crippen molar-refractivity contribution in [3.05, 3.63) is 6.20 Å². The zero-order chi connectivity index (χ0) is 20.2. The summed E-state index contributed by atoms with van der Waals surface area (Å²) in [7, 11) is 1.74. The van der Waals surface area contributed by atoms with Gasteiger partial charge in [0.15, 0.2) is 10.8 Å². The number of amides is 1. The van der Waals surface area contributed by atoms with Gasteiger partial charge in [-0.05, 0) is 29.5 Å². The number of carbonyl (C=O) groups excluding carboxylic acids is 1. The number of hydrogen-bond donors (Lipinski definition) is 1. The lowest BCUT2D eigenvalue weighted by Gasteiger charge is -2.17. The highest BCUT2D eigenvalue weighted by molar-refractivity contribution is 7.99. The summed E-state index contributed by atoms with van der Waals surface area (Å²) >= 11 is 2.82. The van der Waals surface area contributed by atoms with E-state index in [1.54, 1.807) is 7.05 Å². The Bertz CT molecular complexity index is 997. The van der Waals surface area contributed by atoms with Crippen molar-refractivity contribution in [3.63, 3.8) is 0 Å². The van der Waals surface area contributed by atoms with Crippen LogP contribution in [0, 0.1) is 0 Å². The molecule has 0 saturated carbocycles. The first kappa shape index (κ1) is 19.9. The Balaban J connectivity index is 1.39. The smallest absolute Gasteiger partial charge is 0.230 e. The molecular formula is C16H22N10OS2. The van der Waals surface area contributed by atoms with Crippen molar-refractivity contribution in [1.82, 2.24) is 45.3 Å². The van der Waals surface area contributed by atoms with E-state index in [0.717, 1.165) is 35.1 Å². The number of thioether (sulfide) groups is 2. The van der Waals surface area contributed by atoms with Crippen LogP contribution in [-0.2, 0) is 18.4 Å². The van der Waals surface area contributed by atoms with Gasteiger partial charge in [0, 0.05) is 26.7 Å². The van der Waals surface area contributed by atoms with Gasteiger partial charge in [0.2, 0.25) is 11.1 Å². The third-order valence-corrected chi connectivity index (χ3v) is 6.16. The quantitative estimate of drug-likeness (QED) is 0.398. The fourth-order valence-electron chi connectivity index (χ4n) is 3.17. The molecule has 1 aliphatic rings. The first-order chi connectivity index (χ1) is 14.2. The Morgan fingerprint density at radius 1 is 1.28 bits per heavy atom. The number of fused-ring (bicyclic) bond motifs is 1. The molecule has 0 aromatic carbocycles. The lowest BCUT2D eigenvalue weighted by Crippen LogP contribution is -2.29. The van der Waals surface area contributed by atoms with Gasteiger partial charge in [0.05, 0.1) is 23.9 Å². The molecule has 3 aromatic rings. The van der Waals surface area contributed by atoms with Gasteiger partial charge in [0.1, 0.15) is 5.82 Å². The van der Waals surface area contributed by atoms with Gasteiger partial charge in [0.25, 0.3) is 0 Å². The minimum absolute atomic E-state index is 0.0772. The maximum Gasteiger partial charge on any atom is 0.230 e. The van der Waals surface area contributed by atoms with Gasteiger partial charge in [-0.3, -0.25) is 4.79 Å². The van der Waals surface area contributed by atoms with E-state index in [2.05, 4.69) is 35.8 Å². The zero-order valence-corrected chi connectivity index (χ0v) is 17.9. The largest absolute Gasteiger partial charge is 0.356 e. The molecule has 1 aliphatic heterocycles. The van der Waals surface area contributed by atoms with Crippen molar-refractivity contribution in [2.75, 3.05) is 36.5 Å². The topological polar surface area (TPSA) is 120 Å². The van der Waals surface area contributed by atoms with Crippen LogP contribution in [-0.4, -0.2) is 77.5 Å². The molecule has 1 amide bonds. The number of aromatic nitrogens is 8. The minimum atomic E-state index is -0.0772. The first-order valence-electron chi connectivity index (χ1n) is 9.30. The third kappa shape index (κ3) is 4.45. The van der Waals surface area contributed by atoms with Crippen molar-refractivity contribution in [1.29, 1.82) is 0 Å². The average molecular weight is 435 g/mol. The molecule has 0 bridgehead atoms. The molecule has 154 valence electrons. The Hall–Kier alpha value is -2.41. The van der Waals surface area contributed by atoms with E-state index in [-0.39, 0.29) is 11.7 Å². The predicted molar refractivity (Wildman–Crippen MR) is 111 cm³/mol. The van der Waals surface area contributed by atoms with E-state index in [0.29, 0.717) is 18.2 Å². The number of nitrogens with one attached hydrogen (secondary N) is 1. The van der Waals surface area contributed by atoms with Gasteiger partial charge >= 0.3 is 0 Å². The van der Waals surface area contributed by atoms with Gasteiger partial charge in [-0.15, -0.1) is 5.10 Å². The number of aryl methyl sites for hydroxylation is 1. The highest BCUT2D eigenvalue weighted by atomic mass is 32.2. The highest BCUT2D eigenvalue weighted by Gasteiger charge is 2.20. The molecule has 13 heteroatoms. The second kappa shape index (κ2) is 8.95. The average Bonchev–Trinajstić information content (AvgIpc) is 3.47. The second-order valence-electron chi connectivity index (χ2n) is 6.56. The maximum absolute atomic E-state index is 12.1. The van der Waals surface area contributed by atoms with Crippen molar-refractivity contribution in [3.8, 4) is 0 Å². The van der Waals surface area contributed by atoms with Gasteiger partial charge in [-0.2, -0.15) is 5.10 Å².